The van der Waals surface area contributed by atoms with Crippen molar-refractivity contribution < 1.29 is 5.11 Å². The van der Waals surface area contributed by atoms with Gasteiger partial charge >= 0.3 is 0 Å². The zero-order valence-electron chi connectivity index (χ0n) is 19.7. The lowest BCUT2D eigenvalue weighted by atomic mass is 9.53. The molecule has 0 spiro atoms. The zero-order valence-corrected chi connectivity index (χ0v) is 19.7. The van der Waals surface area contributed by atoms with Crippen molar-refractivity contribution in [3.8, 4) is 0 Å². The van der Waals surface area contributed by atoms with Crippen LogP contribution < -0.4 is 0 Å². The molecule has 0 radical (unpaired) electrons. The molecule has 4 aliphatic carbocycles. The van der Waals surface area contributed by atoms with Crippen LogP contribution in [0.25, 0.3) is 0 Å². The van der Waals surface area contributed by atoms with Crippen LogP contribution in [-0.4, -0.2) is 11.2 Å². The summed E-state index contributed by atoms with van der Waals surface area (Å²) in [6.45, 7) is 16.5. The molecule has 0 bridgehead atoms. The van der Waals surface area contributed by atoms with Gasteiger partial charge in [0.2, 0.25) is 0 Å². The second-order valence-corrected chi connectivity index (χ2v) is 11.7. The average molecular weight is 397 g/mol. The lowest BCUT2D eigenvalue weighted by Gasteiger charge is -2.52. The maximum Gasteiger partial charge on any atom is 0.0578 e. The van der Waals surface area contributed by atoms with Gasteiger partial charge in [-0.2, -0.15) is 0 Å². The highest BCUT2D eigenvalue weighted by molar-refractivity contribution is 5.43. The summed E-state index contributed by atoms with van der Waals surface area (Å²) in [5.41, 5.74) is 7.35. The number of fused-ring (bicyclic) bond motifs is 4. The monoisotopic (exact) mass is 396 g/mol. The molecule has 6 atom stereocenters. The van der Waals surface area contributed by atoms with Crippen LogP contribution in [-0.2, 0) is 0 Å². The maximum atomic E-state index is 10.2. The number of rotatable bonds is 5. The molecule has 2 fully saturated rings. The van der Waals surface area contributed by atoms with Crippen LogP contribution in [0.3, 0.4) is 0 Å². The lowest BCUT2D eigenvalue weighted by molar-refractivity contribution is 0.0873. The number of hydrogen-bond acceptors (Lipinski definition) is 1. The second kappa shape index (κ2) is 7.70. The normalized spacial score (nSPS) is 40.2. The van der Waals surface area contributed by atoms with Crippen molar-refractivity contribution in [3.63, 3.8) is 0 Å². The van der Waals surface area contributed by atoms with Crippen molar-refractivity contribution in [3.05, 3.63) is 34.9 Å². The van der Waals surface area contributed by atoms with Gasteiger partial charge in [0, 0.05) is 5.41 Å². The van der Waals surface area contributed by atoms with E-state index in [0.29, 0.717) is 11.3 Å². The van der Waals surface area contributed by atoms with Gasteiger partial charge in [0.25, 0.3) is 0 Å². The summed E-state index contributed by atoms with van der Waals surface area (Å²) in [5.74, 6) is 3.09. The first-order valence-electron chi connectivity index (χ1n) is 12.4. The fraction of sp³-hybridized carbons (Fsp3) is 0.786. The Morgan fingerprint density at radius 2 is 1.93 bits per heavy atom. The van der Waals surface area contributed by atoms with Gasteiger partial charge < -0.3 is 5.11 Å². The minimum atomic E-state index is -0.109. The molecule has 0 aromatic rings. The second-order valence-electron chi connectivity index (χ2n) is 11.7. The minimum Gasteiger partial charge on any atom is -0.393 e. The van der Waals surface area contributed by atoms with E-state index in [1.54, 1.807) is 11.1 Å². The molecule has 0 amide bonds. The van der Waals surface area contributed by atoms with E-state index in [4.69, 9.17) is 0 Å². The first-order chi connectivity index (χ1) is 13.7. The summed E-state index contributed by atoms with van der Waals surface area (Å²) in [4.78, 5) is 0. The predicted octanol–water partition coefficient (Wildman–Crippen LogP) is 7.62. The Labute approximate surface area is 179 Å². The molecule has 4 aliphatic rings. The molecule has 0 aromatic carbocycles. The molecule has 4 rings (SSSR count). The molecule has 162 valence electrons. The van der Waals surface area contributed by atoms with Gasteiger partial charge in [0.1, 0.15) is 0 Å². The van der Waals surface area contributed by atoms with E-state index < -0.39 is 0 Å². The van der Waals surface area contributed by atoms with E-state index in [0.717, 1.165) is 37.0 Å². The first kappa shape index (κ1) is 21.4. The van der Waals surface area contributed by atoms with E-state index in [1.165, 1.54) is 50.5 Å². The molecule has 2 saturated carbocycles. The number of allylic oxidation sites excluding steroid dienone is 4. The van der Waals surface area contributed by atoms with Gasteiger partial charge in [0.15, 0.2) is 0 Å². The molecule has 0 heterocycles. The predicted molar refractivity (Wildman–Crippen MR) is 124 cm³/mol. The summed E-state index contributed by atoms with van der Waals surface area (Å²) in [5, 5.41) is 10.2. The Kier molecular flexibility index (Phi) is 5.69. The molecule has 1 N–H and O–H groups in total. The van der Waals surface area contributed by atoms with Crippen molar-refractivity contribution >= 4 is 0 Å². The molecular weight excluding hydrogens is 352 g/mol. The standard InChI is InChI=1S/C28H44O/c1-18(2)19(3)7-8-20(4)24-11-12-25-23-10-9-21-17-22(29)13-15-27(21,5)26(23)14-16-28(24,25)6/h9,18,20,22,24-25,29H,3,7-8,10-17H2,1-2,4-6H3/t20-,22+,24-,25+,27+,28-/m1/s1. The van der Waals surface area contributed by atoms with Crippen LogP contribution >= 0.6 is 0 Å². The number of aliphatic hydroxyl groups excluding tert-OH is 1. The minimum absolute atomic E-state index is 0.109. The van der Waals surface area contributed by atoms with Gasteiger partial charge in [-0.15, -0.1) is 0 Å². The van der Waals surface area contributed by atoms with Crippen LogP contribution in [0.15, 0.2) is 34.9 Å². The van der Waals surface area contributed by atoms with E-state index in [1.807, 2.05) is 5.57 Å². The van der Waals surface area contributed by atoms with Crippen LogP contribution in [0.4, 0.5) is 0 Å². The number of hydrogen-bond donors (Lipinski definition) is 1. The van der Waals surface area contributed by atoms with Crippen LogP contribution in [0.2, 0.25) is 0 Å². The fourth-order valence-corrected chi connectivity index (χ4v) is 7.78. The van der Waals surface area contributed by atoms with Gasteiger partial charge in [-0.05, 0) is 93.3 Å². The summed E-state index contributed by atoms with van der Waals surface area (Å²) < 4.78 is 0. The van der Waals surface area contributed by atoms with E-state index >= 15 is 0 Å². The average Bonchev–Trinajstić information content (AvgIpc) is 3.03. The molecule has 1 heteroatoms. The van der Waals surface area contributed by atoms with Gasteiger partial charge in [-0.1, -0.05) is 69.6 Å². The Morgan fingerprint density at radius 1 is 1.17 bits per heavy atom. The van der Waals surface area contributed by atoms with Gasteiger partial charge in [0.05, 0.1) is 6.10 Å². The summed E-state index contributed by atoms with van der Waals surface area (Å²) in [6, 6.07) is 0. The largest absolute Gasteiger partial charge is 0.393 e. The Balaban J connectivity index is 1.53. The Bertz CT molecular complexity index is 725. The smallest absolute Gasteiger partial charge is 0.0578 e. The third-order valence-corrected chi connectivity index (χ3v) is 9.93. The van der Waals surface area contributed by atoms with E-state index in [2.05, 4.69) is 47.3 Å². The Hall–Kier alpha value is -0.820. The first-order valence-corrected chi connectivity index (χ1v) is 12.4. The molecular formula is C28H44O. The van der Waals surface area contributed by atoms with Gasteiger partial charge in [-0.3, -0.25) is 0 Å². The summed E-state index contributed by atoms with van der Waals surface area (Å²) >= 11 is 0. The summed E-state index contributed by atoms with van der Waals surface area (Å²) in [6.07, 6.45) is 14.6. The fourth-order valence-electron chi connectivity index (χ4n) is 7.78. The lowest BCUT2D eigenvalue weighted by Crippen LogP contribution is -2.42. The third kappa shape index (κ3) is 3.50. The Morgan fingerprint density at radius 3 is 2.66 bits per heavy atom. The maximum absolute atomic E-state index is 10.2. The molecule has 0 aromatic heterocycles. The molecule has 29 heavy (non-hydrogen) atoms. The van der Waals surface area contributed by atoms with Gasteiger partial charge in [-0.25, -0.2) is 0 Å². The number of aliphatic hydroxyl groups is 1. The van der Waals surface area contributed by atoms with Crippen molar-refractivity contribution in [2.45, 2.75) is 105 Å². The van der Waals surface area contributed by atoms with E-state index in [9.17, 15) is 5.11 Å². The van der Waals surface area contributed by atoms with Crippen molar-refractivity contribution in [1.82, 2.24) is 0 Å². The highest BCUT2D eigenvalue weighted by Gasteiger charge is 2.54. The molecule has 0 saturated heterocycles. The van der Waals surface area contributed by atoms with Crippen LogP contribution in [0.1, 0.15) is 98.8 Å². The van der Waals surface area contributed by atoms with Crippen LogP contribution in [0, 0.1) is 34.5 Å². The topological polar surface area (TPSA) is 20.2 Å². The highest BCUT2D eigenvalue weighted by Crippen LogP contribution is 2.65. The SMILES string of the molecule is C=C(CC[C@@H](C)[C@H]1CC[C@H]2C3=C(CC[C@]12C)[C@@]1(C)CC[C@H](O)CC1=CC3)C(C)C. The van der Waals surface area contributed by atoms with Crippen molar-refractivity contribution in [2.24, 2.45) is 34.5 Å². The zero-order chi connectivity index (χ0) is 21.0. The summed E-state index contributed by atoms with van der Waals surface area (Å²) in [7, 11) is 0. The highest BCUT2D eigenvalue weighted by atomic mass is 16.3. The van der Waals surface area contributed by atoms with Crippen molar-refractivity contribution in [2.75, 3.05) is 0 Å². The molecule has 0 unspecified atom stereocenters. The third-order valence-electron chi connectivity index (χ3n) is 9.93. The van der Waals surface area contributed by atoms with Crippen molar-refractivity contribution in [1.29, 1.82) is 0 Å². The quantitative estimate of drug-likeness (QED) is 0.474. The van der Waals surface area contributed by atoms with Crippen LogP contribution in [0.5, 0.6) is 0 Å². The van der Waals surface area contributed by atoms with E-state index in [-0.39, 0.29) is 11.5 Å². The molecule has 0 aliphatic heterocycles. The molecule has 1 nitrogen and oxygen atoms in total.